The lowest BCUT2D eigenvalue weighted by Gasteiger charge is -2.41. The van der Waals surface area contributed by atoms with E-state index in [1.807, 2.05) is 20.8 Å². The summed E-state index contributed by atoms with van der Waals surface area (Å²) in [6, 6.07) is 0. The van der Waals surface area contributed by atoms with Crippen molar-refractivity contribution < 1.29 is 18.8 Å². The monoisotopic (exact) mass is 333 g/mol. The van der Waals surface area contributed by atoms with E-state index < -0.39 is 22.0 Å². The minimum Gasteiger partial charge on any atom is -0.444 e. The molecule has 0 unspecified atom stereocenters. The summed E-state index contributed by atoms with van der Waals surface area (Å²) in [6.07, 6.45) is 0.827. The molecule has 0 bridgehead atoms. The molecule has 0 aliphatic carbocycles. The standard InChI is InChI=1S/C15H28N2O4S/c1-14(2,3)21-13(18)17-6-4-15(19,5-7-17)12-16-8-10-22(20)11-9-16/h19H,4-12H2,1-3H3/p+1. The van der Waals surface area contributed by atoms with Gasteiger partial charge in [0.15, 0.2) is 0 Å². The van der Waals surface area contributed by atoms with E-state index in [1.165, 1.54) is 0 Å². The second kappa shape index (κ2) is 6.84. The molecule has 0 aromatic rings. The molecule has 0 atom stereocenters. The number of thiol groups is 1. The number of aliphatic hydroxyl groups is 1. The van der Waals surface area contributed by atoms with Gasteiger partial charge in [0.1, 0.15) is 17.1 Å². The first-order valence-electron chi connectivity index (χ1n) is 8.02. The molecule has 2 aliphatic heterocycles. The highest BCUT2D eigenvalue weighted by Crippen LogP contribution is 2.25. The zero-order valence-corrected chi connectivity index (χ0v) is 14.8. The molecule has 22 heavy (non-hydrogen) atoms. The third kappa shape index (κ3) is 5.21. The summed E-state index contributed by atoms with van der Waals surface area (Å²) in [5.41, 5.74) is -1.24. The van der Waals surface area contributed by atoms with Crippen LogP contribution in [0.5, 0.6) is 0 Å². The summed E-state index contributed by atoms with van der Waals surface area (Å²) in [4.78, 5) is 15.9. The van der Waals surface area contributed by atoms with Gasteiger partial charge in [0.25, 0.3) is 0 Å². The number of likely N-dealkylation sites (tertiary alicyclic amines) is 1. The Morgan fingerprint density at radius 2 is 1.73 bits per heavy atom. The number of rotatable bonds is 2. The van der Waals surface area contributed by atoms with E-state index in [0.29, 0.717) is 32.5 Å². The Hall–Kier alpha value is -0.660. The summed E-state index contributed by atoms with van der Waals surface area (Å²) in [7, 11) is -1.03. The summed E-state index contributed by atoms with van der Waals surface area (Å²) >= 11 is 0. The summed E-state index contributed by atoms with van der Waals surface area (Å²) in [6.45, 7) is 8.81. The lowest BCUT2D eigenvalue weighted by molar-refractivity contribution is -0.0489. The average molecular weight is 333 g/mol. The molecule has 1 amide bonds. The van der Waals surface area contributed by atoms with Crippen molar-refractivity contribution in [3.63, 3.8) is 0 Å². The predicted octanol–water partition coefficient (Wildman–Crippen LogP) is 0.760. The fourth-order valence-corrected chi connectivity index (χ4v) is 4.13. The van der Waals surface area contributed by atoms with Gasteiger partial charge in [0.2, 0.25) is 0 Å². The number of piperidine rings is 1. The van der Waals surface area contributed by atoms with Crippen LogP contribution in [0.15, 0.2) is 0 Å². The van der Waals surface area contributed by atoms with Crippen molar-refractivity contribution in [1.29, 1.82) is 0 Å². The van der Waals surface area contributed by atoms with Crippen LogP contribution in [0.3, 0.4) is 0 Å². The Morgan fingerprint density at radius 3 is 2.23 bits per heavy atom. The van der Waals surface area contributed by atoms with Gasteiger partial charge >= 0.3 is 6.09 Å². The number of ether oxygens (including phenoxy) is 1. The second-order valence-corrected chi connectivity index (χ2v) is 9.25. The summed E-state index contributed by atoms with van der Waals surface area (Å²) < 4.78 is 16.8. The number of β-amino-alcohol motifs (C(OH)–C–C–N with tert-alkyl or cyclic N) is 1. The zero-order chi connectivity index (χ0) is 16.4. The summed E-state index contributed by atoms with van der Waals surface area (Å²) in [5, 5.41) is 10.7. The number of hydrogen-bond acceptors (Lipinski definition) is 5. The van der Waals surface area contributed by atoms with Crippen LogP contribution in [0.2, 0.25) is 0 Å². The molecule has 6 nitrogen and oxygen atoms in total. The molecular formula is C15H29N2O4S+. The average Bonchev–Trinajstić information content (AvgIpc) is 2.40. The number of nitrogens with zero attached hydrogens (tertiary/aromatic N) is 2. The first kappa shape index (κ1) is 17.7. The molecule has 0 aromatic carbocycles. The second-order valence-electron chi connectivity index (χ2n) is 7.40. The van der Waals surface area contributed by atoms with Gasteiger partial charge in [-0.15, -0.1) is 4.21 Å². The van der Waals surface area contributed by atoms with Crippen LogP contribution in [0.25, 0.3) is 0 Å². The zero-order valence-electron chi connectivity index (χ0n) is 13.9. The third-order valence-corrected chi connectivity index (χ3v) is 5.59. The molecule has 2 heterocycles. The van der Waals surface area contributed by atoms with Crippen molar-refractivity contribution in [2.75, 3.05) is 44.2 Å². The first-order valence-corrected chi connectivity index (χ1v) is 9.65. The Labute approximate surface area is 135 Å². The Morgan fingerprint density at radius 1 is 1.18 bits per heavy atom. The molecule has 2 fully saturated rings. The molecule has 0 radical (unpaired) electrons. The van der Waals surface area contributed by atoms with Gasteiger partial charge in [0, 0.05) is 32.7 Å². The van der Waals surface area contributed by atoms with Crippen molar-refractivity contribution in [3.05, 3.63) is 0 Å². The Bertz CT molecular complexity index is 418. The van der Waals surface area contributed by atoms with Crippen LogP contribution in [-0.2, 0) is 19.7 Å². The molecular weight excluding hydrogens is 304 g/mol. The summed E-state index contributed by atoms with van der Waals surface area (Å²) in [5.74, 6) is 1.46. The molecule has 2 rings (SSSR count). The van der Waals surface area contributed by atoms with E-state index in [9.17, 15) is 14.1 Å². The Kier molecular flexibility index (Phi) is 5.50. The van der Waals surface area contributed by atoms with Gasteiger partial charge in [-0.3, -0.25) is 4.90 Å². The van der Waals surface area contributed by atoms with Crippen LogP contribution < -0.4 is 0 Å². The maximum atomic E-state index is 12.0. The molecule has 7 heteroatoms. The molecule has 2 aliphatic rings. The lowest BCUT2D eigenvalue weighted by Crippen LogP contribution is -2.54. The van der Waals surface area contributed by atoms with Crippen LogP contribution in [0, 0.1) is 0 Å². The van der Waals surface area contributed by atoms with Crippen molar-refractivity contribution in [3.8, 4) is 0 Å². The SMILES string of the molecule is CC(C)(C)OC(=O)N1CCC(O)(CN2CC[SH+](=O)CC2)CC1. The van der Waals surface area contributed by atoms with E-state index in [-0.39, 0.29) is 6.09 Å². The molecule has 128 valence electrons. The highest BCUT2D eigenvalue weighted by atomic mass is 32.2. The van der Waals surface area contributed by atoms with E-state index >= 15 is 0 Å². The smallest absolute Gasteiger partial charge is 0.410 e. The van der Waals surface area contributed by atoms with E-state index in [0.717, 1.165) is 24.6 Å². The van der Waals surface area contributed by atoms with Crippen LogP contribution >= 0.6 is 0 Å². The number of carbonyl (C=O) groups excluding carboxylic acids is 1. The van der Waals surface area contributed by atoms with Gasteiger partial charge in [-0.2, -0.15) is 0 Å². The normalized spacial score (nSPS) is 24.3. The molecule has 1 N–H and O–H groups in total. The van der Waals surface area contributed by atoms with Crippen molar-refractivity contribution >= 4 is 16.9 Å². The van der Waals surface area contributed by atoms with Crippen molar-refractivity contribution in [2.24, 2.45) is 0 Å². The van der Waals surface area contributed by atoms with Crippen molar-refractivity contribution in [1.82, 2.24) is 9.80 Å². The minimum atomic E-state index is -1.03. The number of carbonyl (C=O) groups is 1. The van der Waals surface area contributed by atoms with E-state index in [2.05, 4.69) is 4.90 Å². The third-order valence-electron chi connectivity index (χ3n) is 4.20. The highest BCUT2D eigenvalue weighted by Gasteiger charge is 2.37. The topological polar surface area (TPSA) is 70.1 Å². The Balaban J connectivity index is 1.80. The van der Waals surface area contributed by atoms with Crippen LogP contribution in [0.4, 0.5) is 4.79 Å². The van der Waals surface area contributed by atoms with Gasteiger partial charge in [0.05, 0.1) is 16.4 Å². The van der Waals surface area contributed by atoms with E-state index in [4.69, 9.17) is 4.74 Å². The van der Waals surface area contributed by atoms with Gasteiger partial charge < -0.3 is 14.7 Å². The van der Waals surface area contributed by atoms with Gasteiger partial charge in [-0.25, -0.2) is 4.79 Å². The van der Waals surface area contributed by atoms with Gasteiger partial charge in [-0.1, -0.05) is 0 Å². The molecule has 0 saturated carbocycles. The molecule has 0 spiro atoms. The molecule has 0 aromatic heterocycles. The highest BCUT2D eigenvalue weighted by molar-refractivity contribution is 7.85. The fourth-order valence-electron chi connectivity index (χ4n) is 2.89. The lowest BCUT2D eigenvalue weighted by atomic mass is 9.91. The van der Waals surface area contributed by atoms with Crippen molar-refractivity contribution in [2.45, 2.75) is 44.8 Å². The van der Waals surface area contributed by atoms with Gasteiger partial charge in [-0.05, 0) is 33.6 Å². The number of hydrogen-bond donors (Lipinski definition) is 1. The molecule has 2 saturated heterocycles. The van der Waals surface area contributed by atoms with E-state index in [1.54, 1.807) is 4.90 Å². The number of amides is 1. The largest absolute Gasteiger partial charge is 0.444 e. The van der Waals surface area contributed by atoms with Crippen LogP contribution in [0.1, 0.15) is 33.6 Å². The minimum absolute atomic E-state index is 0.301. The maximum absolute atomic E-state index is 12.0. The predicted molar refractivity (Wildman–Crippen MR) is 87.6 cm³/mol. The fraction of sp³-hybridized carbons (Fsp3) is 0.933. The first-order chi connectivity index (χ1) is 10.2. The van der Waals surface area contributed by atoms with Crippen LogP contribution in [-0.4, -0.2) is 76.4 Å². The maximum Gasteiger partial charge on any atom is 0.410 e. The quantitative estimate of drug-likeness (QED) is 0.597.